The van der Waals surface area contributed by atoms with Crippen LogP contribution in [0.2, 0.25) is 0 Å². The van der Waals surface area contributed by atoms with Crippen LogP contribution in [0, 0.1) is 18.6 Å². The van der Waals surface area contributed by atoms with Crippen molar-refractivity contribution in [2.45, 2.75) is 71.8 Å². The number of ether oxygens (including phenoxy) is 1. The summed E-state index contributed by atoms with van der Waals surface area (Å²) in [6, 6.07) is 0.808. The Hall–Kier alpha value is -2.05. The van der Waals surface area contributed by atoms with Crippen LogP contribution in [0.4, 0.5) is 39.0 Å². The molecule has 1 aliphatic heterocycles. The van der Waals surface area contributed by atoms with Gasteiger partial charge in [0.2, 0.25) is 5.88 Å². The Labute approximate surface area is 295 Å². The third kappa shape index (κ3) is 8.60. The van der Waals surface area contributed by atoms with Crippen molar-refractivity contribution in [1.82, 2.24) is 20.1 Å². The van der Waals surface area contributed by atoms with Crippen LogP contribution in [-0.2, 0) is 26.2 Å². The van der Waals surface area contributed by atoms with Gasteiger partial charge in [-0.15, -0.1) is 0 Å². The standard InChI is InChI=1S/C26H31F5N7O3.C2H6.K/c1-12(8-15-4-6-33-15)41-25-24(37-40)23(34-10-18-14(5-7-39)11-38(3)36-18)21(28)22(35-25)16-9-17(32)20(27)13(2)19(16)26(29,30)31;1-2;/h9,11-12,15,33,39-40H,4-8,10,32H2,1-3H3,(H,34,35);1-2H3;/q-1;;+1. The number of hydrogen-bond donors (Lipinski definition) is 5. The van der Waals surface area contributed by atoms with Gasteiger partial charge in [0.15, 0.2) is 5.82 Å². The maximum atomic E-state index is 16.2. The Kier molecular flexibility index (Phi) is 14.3. The zero-order valence-electron chi connectivity index (χ0n) is 25.6. The van der Waals surface area contributed by atoms with E-state index in [-0.39, 0.29) is 77.0 Å². The molecule has 2 atom stereocenters. The van der Waals surface area contributed by atoms with Crippen LogP contribution in [0.25, 0.3) is 16.7 Å². The number of nitrogens with one attached hydrogen (secondary N) is 2. The molecule has 1 aliphatic rings. The largest absolute Gasteiger partial charge is 1.00 e. The third-order valence-corrected chi connectivity index (χ3v) is 6.91. The molecule has 6 N–H and O–H groups in total. The summed E-state index contributed by atoms with van der Waals surface area (Å²) in [7, 11) is 1.65. The molecule has 2 unspecified atom stereocenters. The minimum absolute atomic E-state index is 0. The van der Waals surface area contributed by atoms with Crippen molar-refractivity contribution in [1.29, 1.82) is 0 Å². The van der Waals surface area contributed by atoms with E-state index >= 15 is 4.39 Å². The Morgan fingerprint density at radius 2 is 1.93 bits per heavy atom. The van der Waals surface area contributed by atoms with E-state index in [4.69, 9.17) is 10.5 Å². The quantitative estimate of drug-likeness (QED) is 0.0920. The van der Waals surface area contributed by atoms with Gasteiger partial charge < -0.3 is 36.9 Å². The zero-order chi connectivity index (χ0) is 32.1. The molecular weight excluding hydrogens is 616 g/mol. The number of benzene rings is 1. The van der Waals surface area contributed by atoms with Crippen LogP contribution in [0.5, 0.6) is 5.88 Å². The van der Waals surface area contributed by atoms with Crippen LogP contribution in [0.3, 0.4) is 0 Å². The molecule has 3 aromatic rings. The summed E-state index contributed by atoms with van der Waals surface area (Å²) < 4.78 is 80.5. The van der Waals surface area contributed by atoms with Crippen molar-refractivity contribution < 1.29 is 88.4 Å². The van der Waals surface area contributed by atoms with E-state index in [0.29, 0.717) is 23.7 Å². The maximum Gasteiger partial charge on any atom is 1.00 e. The fourth-order valence-corrected chi connectivity index (χ4v) is 4.84. The van der Waals surface area contributed by atoms with Gasteiger partial charge in [-0.2, -0.15) is 18.3 Å². The third-order valence-electron chi connectivity index (χ3n) is 6.91. The predicted molar refractivity (Wildman–Crippen MR) is 152 cm³/mol. The van der Waals surface area contributed by atoms with Crippen LogP contribution in [-0.4, -0.2) is 50.4 Å². The molecule has 4 rings (SSSR count). The summed E-state index contributed by atoms with van der Waals surface area (Å²) in [5.74, 6) is -3.04. The van der Waals surface area contributed by atoms with E-state index in [1.165, 1.54) is 4.68 Å². The minimum atomic E-state index is -5.09. The molecule has 0 spiro atoms. The summed E-state index contributed by atoms with van der Waals surface area (Å²) in [4.78, 5) is 4.02. The molecule has 1 saturated heterocycles. The van der Waals surface area contributed by atoms with Crippen LogP contribution in [0.15, 0.2) is 12.3 Å². The van der Waals surface area contributed by atoms with Crippen molar-refractivity contribution in [3.63, 3.8) is 0 Å². The fourth-order valence-electron chi connectivity index (χ4n) is 4.84. The summed E-state index contributed by atoms with van der Waals surface area (Å²) >= 11 is 0. The van der Waals surface area contributed by atoms with Gasteiger partial charge in [-0.05, 0) is 62.5 Å². The maximum absolute atomic E-state index is 16.2. The van der Waals surface area contributed by atoms with Crippen LogP contribution >= 0.6 is 0 Å². The van der Waals surface area contributed by atoms with Crippen molar-refractivity contribution in [2.24, 2.45) is 7.05 Å². The molecule has 1 fully saturated rings. The van der Waals surface area contributed by atoms with Gasteiger partial charge in [-0.25, -0.2) is 13.8 Å². The SMILES string of the molecule is CC.Cc1c(F)c(N)cc(-c2nc(OC(C)CC3CCN3)c([N-]O)c(NCc3nn(C)cc3CCO)c2F)c1C(F)(F)F.[K+]. The number of halogens is 5. The number of nitrogens with zero attached hydrogens (tertiary/aromatic N) is 4. The molecule has 0 aliphatic carbocycles. The van der Waals surface area contributed by atoms with E-state index in [9.17, 15) is 27.9 Å². The van der Waals surface area contributed by atoms with E-state index in [2.05, 4.69) is 26.2 Å². The first-order valence-electron chi connectivity index (χ1n) is 13.9. The van der Waals surface area contributed by atoms with Crippen LogP contribution < -0.4 is 72.5 Å². The van der Waals surface area contributed by atoms with E-state index in [1.807, 2.05) is 13.8 Å². The second-order valence-electron chi connectivity index (χ2n) is 9.93. The Morgan fingerprint density at radius 3 is 2.48 bits per heavy atom. The normalized spacial score (nSPS) is 15.0. The number of anilines is 2. The minimum Gasteiger partial charge on any atom is -0.559 e. The van der Waals surface area contributed by atoms with Gasteiger partial charge in [0.25, 0.3) is 0 Å². The van der Waals surface area contributed by atoms with Gasteiger partial charge in [0.05, 0.1) is 35.3 Å². The number of nitrogen functional groups attached to an aromatic ring is 1. The molecule has 0 radical (unpaired) electrons. The smallest absolute Gasteiger partial charge is 0.559 e. The summed E-state index contributed by atoms with van der Waals surface area (Å²) in [6.07, 6.45) is -2.35. The molecule has 3 heterocycles. The number of nitrogens with two attached hydrogens (primary N) is 1. The number of pyridine rings is 1. The number of aryl methyl sites for hydroxylation is 1. The molecule has 16 heteroatoms. The van der Waals surface area contributed by atoms with Gasteiger partial charge in [-0.1, -0.05) is 13.8 Å². The number of alkyl halides is 3. The molecule has 1 aromatic carbocycles. The van der Waals surface area contributed by atoms with E-state index in [1.54, 1.807) is 20.2 Å². The Morgan fingerprint density at radius 1 is 1.27 bits per heavy atom. The molecule has 44 heavy (non-hydrogen) atoms. The average Bonchev–Trinajstić information content (AvgIpc) is 3.28. The van der Waals surface area contributed by atoms with E-state index in [0.717, 1.165) is 19.9 Å². The summed E-state index contributed by atoms with van der Waals surface area (Å²) in [5.41, 5.74) is 4.30. The number of hydrogen-bond acceptors (Lipinski definition) is 8. The first-order valence-corrected chi connectivity index (χ1v) is 13.9. The molecule has 10 nitrogen and oxygen atoms in total. The number of aliphatic hydroxyl groups is 1. The number of aliphatic hydroxyl groups excluding tert-OH is 1. The Balaban J connectivity index is 0.00000220. The van der Waals surface area contributed by atoms with Crippen molar-refractivity contribution in [3.05, 3.63) is 51.8 Å². The molecule has 238 valence electrons. The van der Waals surface area contributed by atoms with Crippen molar-refractivity contribution >= 4 is 17.1 Å². The summed E-state index contributed by atoms with van der Waals surface area (Å²) in [6.45, 7) is 7.08. The van der Waals surface area contributed by atoms with Gasteiger partial charge in [-0.3, -0.25) is 4.68 Å². The monoisotopic (exact) mass is 653 g/mol. The van der Waals surface area contributed by atoms with Gasteiger partial charge in [0.1, 0.15) is 11.5 Å². The topological polar surface area (TPSA) is 145 Å². The molecule has 2 aromatic heterocycles. The Bertz CT molecular complexity index is 1420. The molecular formula is C28H37F5KN7O3. The zero-order valence-corrected chi connectivity index (χ0v) is 28.7. The second kappa shape index (κ2) is 16.5. The van der Waals surface area contributed by atoms with E-state index < -0.39 is 69.2 Å². The van der Waals surface area contributed by atoms with Crippen molar-refractivity contribution in [2.75, 3.05) is 24.2 Å². The van der Waals surface area contributed by atoms with Crippen molar-refractivity contribution in [3.8, 4) is 17.1 Å². The van der Waals surface area contributed by atoms with Crippen LogP contribution in [0.1, 0.15) is 56.0 Å². The van der Waals surface area contributed by atoms with Gasteiger partial charge in [0, 0.05) is 31.5 Å². The first kappa shape index (κ1) is 38.1. The summed E-state index contributed by atoms with van der Waals surface area (Å²) in [5, 5.41) is 29.5. The molecule has 0 bridgehead atoms. The first-order chi connectivity index (χ1) is 20.3. The number of rotatable bonds is 11. The average molecular weight is 654 g/mol. The molecule has 0 amide bonds. The number of aromatic nitrogens is 3. The fraction of sp³-hybridized carbons (Fsp3) is 0.500. The second-order valence-corrected chi connectivity index (χ2v) is 9.93. The van der Waals surface area contributed by atoms with Gasteiger partial charge >= 0.3 is 57.6 Å². The molecule has 0 saturated carbocycles. The predicted octanol–water partition coefficient (Wildman–Crippen LogP) is 2.76.